The van der Waals surface area contributed by atoms with Gasteiger partial charge in [-0.3, -0.25) is 9.69 Å². The molecular formula is C12H19F3N2O3S. The minimum Gasteiger partial charge on any atom is -0.336 e. The van der Waals surface area contributed by atoms with E-state index in [2.05, 4.69) is 0 Å². The second-order valence-corrected chi connectivity index (χ2v) is 8.05. The van der Waals surface area contributed by atoms with E-state index in [9.17, 15) is 26.4 Å². The summed E-state index contributed by atoms with van der Waals surface area (Å²) in [6.45, 7) is -1.43. The molecule has 0 aromatic carbocycles. The molecule has 2 fully saturated rings. The Balaban J connectivity index is 1.96. The highest BCUT2D eigenvalue weighted by Crippen LogP contribution is 2.32. The van der Waals surface area contributed by atoms with E-state index in [0.717, 1.165) is 19.9 Å². The Morgan fingerprint density at radius 1 is 1.19 bits per heavy atom. The standard InChI is InChI=1S/C12H19F3N2O3S/c1-16(8-12(13,14)15)11(18)6-17(9-2-3-9)10-4-5-21(19,20)7-10/h9-10H,2-8H2,1H3. The molecule has 1 saturated heterocycles. The van der Waals surface area contributed by atoms with Crippen LogP contribution in [0.15, 0.2) is 0 Å². The van der Waals surface area contributed by atoms with Gasteiger partial charge < -0.3 is 4.90 Å². The summed E-state index contributed by atoms with van der Waals surface area (Å²) in [6, 6.07) is -0.114. The highest BCUT2D eigenvalue weighted by Gasteiger charge is 2.41. The summed E-state index contributed by atoms with van der Waals surface area (Å²) < 4.78 is 59.9. The lowest BCUT2D eigenvalue weighted by Crippen LogP contribution is -2.47. The zero-order valence-corrected chi connectivity index (χ0v) is 12.6. The minimum absolute atomic E-state index is 0.000233. The van der Waals surface area contributed by atoms with Gasteiger partial charge in [-0.05, 0) is 19.3 Å². The Kier molecular flexibility index (Phi) is 4.53. The summed E-state index contributed by atoms with van der Waals surface area (Å²) in [5, 5.41) is 0. The molecule has 0 spiro atoms. The maximum absolute atomic E-state index is 12.3. The van der Waals surface area contributed by atoms with Gasteiger partial charge in [-0.25, -0.2) is 8.42 Å². The quantitative estimate of drug-likeness (QED) is 0.744. The zero-order valence-electron chi connectivity index (χ0n) is 11.8. The maximum atomic E-state index is 12.3. The average Bonchev–Trinajstić information content (AvgIpc) is 3.08. The number of halogens is 3. The molecular weight excluding hydrogens is 309 g/mol. The Hall–Kier alpha value is -0.830. The first-order valence-electron chi connectivity index (χ1n) is 6.84. The van der Waals surface area contributed by atoms with Gasteiger partial charge in [-0.2, -0.15) is 13.2 Å². The third kappa shape index (κ3) is 4.84. The number of sulfone groups is 1. The molecule has 0 N–H and O–H groups in total. The maximum Gasteiger partial charge on any atom is 0.406 e. The van der Waals surface area contributed by atoms with Crippen LogP contribution in [0, 0.1) is 0 Å². The van der Waals surface area contributed by atoms with Crippen molar-refractivity contribution in [1.29, 1.82) is 0 Å². The topological polar surface area (TPSA) is 57.7 Å². The second kappa shape index (κ2) is 5.75. The average molecular weight is 328 g/mol. The number of rotatable bonds is 5. The molecule has 21 heavy (non-hydrogen) atoms. The Morgan fingerprint density at radius 2 is 1.81 bits per heavy atom. The first kappa shape index (κ1) is 16.5. The Labute approximate surface area is 122 Å². The number of hydrogen-bond donors (Lipinski definition) is 0. The molecule has 0 bridgehead atoms. The molecule has 1 heterocycles. The normalized spacial score (nSPS) is 25.3. The van der Waals surface area contributed by atoms with Crippen LogP contribution in [0.2, 0.25) is 0 Å². The fraction of sp³-hybridized carbons (Fsp3) is 0.917. The molecule has 1 aliphatic heterocycles. The predicted molar refractivity (Wildman–Crippen MR) is 70.5 cm³/mol. The number of carbonyl (C=O) groups is 1. The van der Waals surface area contributed by atoms with Crippen molar-refractivity contribution in [2.75, 3.05) is 31.6 Å². The van der Waals surface area contributed by atoms with E-state index in [1.807, 2.05) is 0 Å². The van der Waals surface area contributed by atoms with Crippen LogP contribution in [0.25, 0.3) is 0 Å². The lowest BCUT2D eigenvalue weighted by molar-refractivity contribution is -0.159. The third-order valence-corrected chi connectivity index (χ3v) is 5.60. The van der Waals surface area contributed by atoms with Gasteiger partial charge in [0.1, 0.15) is 6.54 Å². The van der Waals surface area contributed by atoms with E-state index in [-0.39, 0.29) is 30.1 Å². The second-order valence-electron chi connectivity index (χ2n) is 5.83. The first-order chi connectivity index (χ1) is 9.57. The van der Waals surface area contributed by atoms with Crippen molar-refractivity contribution in [3.8, 4) is 0 Å². The molecule has 2 aliphatic rings. The van der Waals surface area contributed by atoms with E-state index in [1.165, 1.54) is 0 Å². The molecule has 1 saturated carbocycles. The molecule has 0 aromatic heterocycles. The molecule has 1 aliphatic carbocycles. The summed E-state index contributed by atoms with van der Waals surface area (Å²) in [6.07, 6.45) is -2.24. The van der Waals surface area contributed by atoms with Gasteiger partial charge in [0.05, 0.1) is 18.1 Å². The fourth-order valence-electron chi connectivity index (χ4n) is 2.63. The number of amides is 1. The molecule has 9 heteroatoms. The largest absolute Gasteiger partial charge is 0.406 e. The van der Waals surface area contributed by atoms with E-state index in [4.69, 9.17) is 0 Å². The number of nitrogens with zero attached hydrogens (tertiary/aromatic N) is 2. The summed E-state index contributed by atoms with van der Waals surface area (Å²) in [4.78, 5) is 14.3. The van der Waals surface area contributed by atoms with E-state index < -0.39 is 28.5 Å². The fourth-order valence-corrected chi connectivity index (χ4v) is 4.38. The van der Waals surface area contributed by atoms with Crippen molar-refractivity contribution < 1.29 is 26.4 Å². The van der Waals surface area contributed by atoms with Gasteiger partial charge >= 0.3 is 6.18 Å². The number of alkyl halides is 3. The van der Waals surface area contributed by atoms with Gasteiger partial charge in [0, 0.05) is 19.1 Å². The van der Waals surface area contributed by atoms with Crippen molar-refractivity contribution >= 4 is 15.7 Å². The highest BCUT2D eigenvalue weighted by atomic mass is 32.2. The molecule has 2 rings (SSSR count). The van der Waals surface area contributed by atoms with Crippen LogP contribution in [-0.4, -0.2) is 74.0 Å². The molecule has 1 amide bonds. The molecule has 1 unspecified atom stereocenters. The van der Waals surface area contributed by atoms with Crippen LogP contribution < -0.4 is 0 Å². The van der Waals surface area contributed by atoms with E-state index in [1.54, 1.807) is 4.90 Å². The van der Waals surface area contributed by atoms with Crippen molar-refractivity contribution in [2.45, 2.75) is 37.5 Å². The highest BCUT2D eigenvalue weighted by molar-refractivity contribution is 7.91. The molecule has 5 nitrogen and oxygen atoms in total. The van der Waals surface area contributed by atoms with E-state index >= 15 is 0 Å². The van der Waals surface area contributed by atoms with Crippen LogP contribution in [-0.2, 0) is 14.6 Å². The van der Waals surface area contributed by atoms with Crippen LogP contribution in [0.3, 0.4) is 0 Å². The summed E-state index contributed by atoms with van der Waals surface area (Å²) in [5.41, 5.74) is 0. The number of hydrogen-bond acceptors (Lipinski definition) is 4. The van der Waals surface area contributed by atoms with Gasteiger partial charge in [-0.1, -0.05) is 0 Å². The molecule has 122 valence electrons. The van der Waals surface area contributed by atoms with Crippen molar-refractivity contribution in [1.82, 2.24) is 9.80 Å². The van der Waals surface area contributed by atoms with Crippen molar-refractivity contribution in [3.05, 3.63) is 0 Å². The molecule has 1 atom stereocenters. The monoisotopic (exact) mass is 328 g/mol. The van der Waals surface area contributed by atoms with Gasteiger partial charge in [0.2, 0.25) is 5.91 Å². The third-order valence-electron chi connectivity index (χ3n) is 3.85. The van der Waals surface area contributed by atoms with Crippen LogP contribution in [0.5, 0.6) is 0 Å². The lowest BCUT2D eigenvalue weighted by Gasteiger charge is -2.29. The van der Waals surface area contributed by atoms with Gasteiger partial charge in [-0.15, -0.1) is 0 Å². The predicted octanol–water partition coefficient (Wildman–Crippen LogP) is 0.659. The molecule has 0 aromatic rings. The van der Waals surface area contributed by atoms with Crippen molar-refractivity contribution in [2.24, 2.45) is 0 Å². The summed E-state index contributed by atoms with van der Waals surface area (Å²) in [7, 11) is -1.96. The SMILES string of the molecule is CN(CC(F)(F)F)C(=O)CN(C1CC1)C1CCS(=O)(=O)C1. The van der Waals surface area contributed by atoms with Crippen LogP contribution in [0.1, 0.15) is 19.3 Å². The van der Waals surface area contributed by atoms with Gasteiger partial charge in [0.15, 0.2) is 9.84 Å². The van der Waals surface area contributed by atoms with Gasteiger partial charge in [0.25, 0.3) is 0 Å². The summed E-state index contributed by atoms with van der Waals surface area (Å²) in [5.74, 6) is -0.531. The van der Waals surface area contributed by atoms with Crippen molar-refractivity contribution in [3.63, 3.8) is 0 Å². The zero-order chi connectivity index (χ0) is 15.8. The van der Waals surface area contributed by atoms with Crippen LogP contribution >= 0.6 is 0 Å². The lowest BCUT2D eigenvalue weighted by atomic mass is 10.2. The van der Waals surface area contributed by atoms with E-state index in [0.29, 0.717) is 11.3 Å². The molecule has 0 radical (unpaired) electrons. The number of carbonyl (C=O) groups excluding carboxylic acids is 1. The minimum atomic E-state index is -4.43. The first-order valence-corrected chi connectivity index (χ1v) is 8.66. The smallest absolute Gasteiger partial charge is 0.336 e. The number of likely N-dealkylation sites (N-methyl/N-ethyl adjacent to an activating group) is 1. The Bertz CT molecular complexity index is 502. The summed E-state index contributed by atoms with van der Waals surface area (Å²) >= 11 is 0. The Morgan fingerprint density at radius 3 is 2.24 bits per heavy atom. The van der Waals surface area contributed by atoms with Crippen LogP contribution in [0.4, 0.5) is 13.2 Å².